The van der Waals surface area contributed by atoms with Crippen LogP contribution < -0.4 is 0 Å². The highest BCUT2D eigenvalue weighted by atomic mass is 32.2. The first-order chi connectivity index (χ1) is 5.36. The summed E-state index contributed by atoms with van der Waals surface area (Å²) in [5.41, 5.74) is 0. The van der Waals surface area contributed by atoms with Crippen LogP contribution in [0.4, 0.5) is 0 Å². The largest absolute Gasteiger partial charge is 0.156 e. The predicted octanol–water partition coefficient (Wildman–Crippen LogP) is 3.17. The Balaban J connectivity index is 1.93. The van der Waals surface area contributed by atoms with Gasteiger partial charge >= 0.3 is 0 Å². The molecule has 0 aromatic carbocycles. The maximum absolute atomic E-state index is 2.38. The number of rotatable bonds is 0. The van der Waals surface area contributed by atoms with Gasteiger partial charge in [-0.2, -0.15) is 23.5 Å². The lowest BCUT2D eigenvalue weighted by Gasteiger charge is -2.37. The molecule has 0 nitrogen and oxygen atoms in total. The minimum atomic E-state index is 0.916. The Morgan fingerprint density at radius 2 is 1.82 bits per heavy atom. The first-order valence-corrected chi connectivity index (χ1v) is 6.62. The summed E-state index contributed by atoms with van der Waals surface area (Å²) in [5, 5.41) is 2.95. The summed E-state index contributed by atoms with van der Waals surface area (Å²) in [4.78, 5) is 0. The predicted molar refractivity (Wildman–Crippen MR) is 55.6 cm³/mol. The Labute approximate surface area is 77.9 Å². The van der Waals surface area contributed by atoms with Crippen molar-refractivity contribution in [3.63, 3.8) is 0 Å². The summed E-state index contributed by atoms with van der Waals surface area (Å²) in [5.74, 6) is 1.39. The molecule has 0 radical (unpaired) electrons. The van der Waals surface area contributed by atoms with E-state index in [1.54, 1.807) is 0 Å². The fourth-order valence-corrected chi connectivity index (χ4v) is 5.40. The highest BCUT2D eigenvalue weighted by Crippen LogP contribution is 2.43. The number of hydrogen-bond donors (Lipinski definition) is 0. The monoisotopic (exact) mass is 188 g/mol. The van der Waals surface area contributed by atoms with Gasteiger partial charge in [0.25, 0.3) is 0 Å². The second-order valence-corrected chi connectivity index (χ2v) is 6.60. The van der Waals surface area contributed by atoms with E-state index in [2.05, 4.69) is 30.4 Å². The van der Waals surface area contributed by atoms with Gasteiger partial charge < -0.3 is 0 Å². The van der Waals surface area contributed by atoms with Crippen LogP contribution in [0, 0.1) is 0 Å². The van der Waals surface area contributed by atoms with Crippen molar-refractivity contribution in [2.75, 3.05) is 5.75 Å². The Hall–Kier alpha value is 0.700. The number of fused-ring (bicyclic) bond motifs is 1. The van der Waals surface area contributed by atoms with Crippen molar-refractivity contribution >= 4 is 23.5 Å². The first-order valence-electron chi connectivity index (χ1n) is 4.63. The van der Waals surface area contributed by atoms with Crippen molar-refractivity contribution in [3.05, 3.63) is 0 Å². The maximum atomic E-state index is 2.38. The third kappa shape index (κ3) is 1.89. The van der Waals surface area contributed by atoms with E-state index in [4.69, 9.17) is 0 Å². The molecule has 2 rings (SSSR count). The summed E-state index contributed by atoms with van der Waals surface area (Å²) in [7, 11) is 0. The molecule has 1 heterocycles. The standard InChI is InChI=1S/C9H16S2/c1-7-6-10-8-4-2-3-5-9(8)11-7/h7-9H,2-6H2,1H3. The summed E-state index contributed by atoms with van der Waals surface area (Å²) in [6.45, 7) is 2.38. The molecule has 0 bridgehead atoms. The summed E-state index contributed by atoms with van der Waals surface area (Å²) >= 11 is 4.48. The van der Waals surface area contributed by atoms with Gasteiger partial charge in [-0.25, -0.2) is 0 Å². The van der Waals surface area contributed by atoms with Gasteiger partial charge in [-0.15, -0.1) is 0 Å². The highest BCUT2D eigenvalue weighted by Gasteiger charge is 2.31. The molecule has 0 amide bonds. The molecule has 3 unspecified atom stereocenters. The van der Waals surface area contributed by atoms with E-state index in [0.29, 0.717) is 0 Å². The molecule has 0 aromatic rings. The summed E-state index contributed by atoms with van der Waals surface area (Å²) < 4.78 is 0. The summed E-state index contributed by atoms with van der Waals surface area (Å²) in [6, 6.07) is 0. The van der Waals surface area contributed by atoms with Gasteiger partial charge in [-0.1, -0.05) is 19.8 Å². The molecule has 0 aromatic heterocycles. The van der Waals surface area contributed by atoms with E-state index in [0.717, 1.165) is 15.7 Å². The Bertz CT molecular complexity index is 136. The minimum absolute atomic E-state index is 0.916. The van der Waals surface area contributed by atoms with Crippen LogP contribution >= 0.6 is 23.5 Å². The van der Waals surface area contributed by atoms with Crippen molar-refractivity contribution in [3.8, 4) is 0 Å². The smallest absolute Gasteiger partial charge is 0.0169 e. The molecule has 0 spiro atoms. The Morgan fingerprint density at radius 3 is 2.64 bits per heavy atom. The normalized spacial score (nSPS) is 45.0. The molecule has 0 N–H and O–H groups in total. The second-order valence-electron chi connectivity index (χ2n) is 3.64. The second kappa shape index (κ2) is 3.61. The summed E-state index contributed by atoms with van der Waals surface area (Å²) in [6.07, 6.45) is 5.96. The third-order valence-electron chi connectivity index (χ3n) is 2.59. The van der Waals surface area contributed by atoms with Crippen LogP contribution in [0.15, 0.2) is 0 Å². The molecular weight excluding hydrogens is 172 g/mol. The van der Waals surface area contributed by atoms with E-state index in [-0.39, 0.29) is 0 Å². The molecule has 64 valence electrons. The Kier molecular flexibility index (Phi) is 2.73. The average Bonchev–Trinajstić information content (AvgIpc) is 2.04. The van der Waals surface area contributed by atoms with Crippen molar-refractivity contribution < 1.29 is 0 Å². The number of hydrogen-bond acceptors (Lipinski definition) is 2. The number of thioether (sulfide) groups is 2. The zero-order valence-corrected chi connectivity index (χ0v) is 8.72. The molecule has 2 fully saturated rings. The van der Waals surface area contributed by atoms with E-state index in [1.807, 2.05) is 0 Å². The lowest BCUT2D eigenvalue weighted by atomic mass is 10.00. The molecule has 11 heavy (non-hydrogen) atoms. The molecule has 1 saturated heterocycles. The van der Waals surface area contributed by atoms with E-state index < -0.39 is 0 Å². The lowest BCUT2D eigenvalue weighted by molar-refractivity contribution is 0.524. The van der Waals surface area contributed by atoms with Crippen LogP contribution in [0.1, 0.15) is 32.6 Å². The van der Waals surface area contributed by atoms with Crippen molar-refractivity contribution in [1.82, 2.24) is 0 Å². The topological polar surface area (TPSA) is 0 Å². The first kappa shape index (κ1) is 8.31. The molecule has 1 aliphatic carbocycles. The van der Waals surface area contributed by atoms with Gasteiger partial charge in [0.15, 0.2) is 0 Å². The van der Waals surface area contributed by atoms with Crippen LogP contribution in [0.2, 0.25) is 0 Å². The van der Waals surface area contributed by atoms with Crippen molar-refractivity contribution in [2.24, 2.45) is 0 Å². The van der Waals surface area contributed by atoms with Gasteiger partial charge in [0.05, 0.1) is 0 Å². The highest BCUT2D eigenvalue weighted by molar-refractivity contribution is 8.07. The van der Waals surface area contributed by atoms with Crippen LogP contribution in [0.25, 0.3) is 0 Å². The van der Waals surface area contributed by atoms with Gasteiger partial charge in [0.1, 0.15) is 0 Å². The van der Waals surface area contributed by atoms with Gasteiger partial charge in [-0.3, -0.25) is 0 Å². The Morgan fingerprint density at radius 1 is 1.09 bits per heavy atom. The van der Waals surface area contributed by atoms with E-state index in [1.165, 1.54) is 31.4 Å². The average molecular weight is 188 g/mol. The lowest BCUT2D eigenvalue weighted by Crippen LogP contribution is -2.31. The van der Waals surface area contributed by atoms with Gasteiger partial charge in [0.2, 0.25) is 0 Å². The zero-order valence-electron chi connectivity index (χ0n) is 7.08. The van der Waals surface area contributed by atoms with Crippen LogP contribution in [0.3, 0.4) is 0 Å². The van der Waals surface area contributed by atoms with Gasteiger partial charge in [0, 0.05) is 21.5 Å². The van der Waals surface area contributed by atoms with Crippen molar-refractivity contribution in [2.45, 2.75) is 48.4 Å². The molecular formula is C9H16S2. The zero-order chi connectivity index (χ0) is 7.68. The van der Waals surface area contributed by atoms with Crippen LogP contribution in [0.5, 0.6) is 0 Å². The fourth-order valence-electron chi connectivity index (χ4n) is 2.01. The minimum Gasteiger partial charge on any atom is -0.156 e. The van der Waals surface area contributed by atoms with E-state index in [9.17, 15) is 0 Å². The molecule has 1 saturated carbocycles. The van der Waals surface area contributed by atoms with Crippen LogP contribution in [-0.2, 0) is 0 Å². The quantitative estimate of drug-likeness (QED) is 0.573. The molecule has 2 heteroatoms. The van der Waals surface area contributed by atoms with E-state index >= 15 is 0 Å². The SMILES string of the molecule is CC1CSC2CCCCC2S1. The third-order valence-corrected chi connectivity index (χ3v) is 6.21. The fraction of sp³-hybridized carbons (Fsp3) is 1.00. The van der Waals surface area contributed by atoms with Gasteiger partial charge in [-0.05, 0) is 12.8 Å². The van der Waals surface area contributed by atoms with Crippen molar-refractivity contribution in [1.29, 1.82) is 0 Å². The maximum Gasteiger partial charge on any atom is 0.0169 e. The molecule has 3 atom stereocenters. The van der Waals surface area contributed by atoms with Crippen LogP contribution in [-0.4, -0.2) is 21.5 Å². The molecule has 1 aliphatic heterocycles. The molecule has 2 aliphatic rings.